The van der Waals surface area contributed by atoms with Gasteiger partial charge in [0.15, 0.2) is 5.65 Å². The highest BCUT2D eigenvalue weighted by Crippen LogP contribution is 2.33. The van der Waals surface area contributed by atoms with Crippen molar-refractivity contribution in [1.82, 2.24) is 29.3 Å². The van der Waals surface area contributed by atoms with Gasteiger partial charge < -0.3 is 24.8 Å². The third kappa shape index (κ3) is 4.06. The van der Waals surface area contributed by atoms with Crippen molar-refractivity contribution in [3.05, 3.63) is 49.1 Å². The van der Waals surface area contributed by atoms with Gasteiger partial charge in [0.25, 0.3) is 5.91 Å². The number of hydrogen-bond donors (Lipinski definition) is 2. The highest BCUT2D eigenvalue weighted by molar-refractivity contribution is 5.85. The number of aliphatic hydroxyl groups is 1. The number of fused-ring (bicyclic) bond motifs is 5. The minimum Gasteiger partial charge on any atom is -0.475 e. The summed E-state index contributed by atoms with van der Waals surface area (Å²) in [5.41, 5.74) is 5.30. The molecule has 2 aliphatic rings. The van der Waals surface area contributed by atoms with Gasteiger partial charge in [-0.3, -0.25) is 9.48 Å². The molecule has 5 heterocycles. The maximum Gasteiger partial charge on any atom is 0.252 e. The van der Waals surface area contributed by atoms with Crippen molar-refractivity contribution in [1.29, 1.82) is 0 Å². The van der Waals surface area contributed by atoms with E-state index in [-0.39, 0.29) is 18.6 Å². The molecule has 1 aromatic carbocycles. The first-order valence-corrected chi connectivity index (χ1v) is 12.0. The Labute approximate surface area is 207 Å². The Hall–Kier alpha value is -3.96. The van der Waals surface area contributed by atoms with Crippen LogP contribution in [0.15, 0.2) is 49.1 Å². The molecule has 6 rings (SSSR count). The standard InChI is InChI=1S/C25H27N7O4/c1-35-22-11-20-15-36-23-2-4-32-24(29-23)21(13-28-32)17-8-16(18-12-27-30(14-18)6-7-33)9-19(10-17)26-3-5-31(20)25(22)34/h2,4,8-10,12-14,20,22,26,33H,3,5-7,11,15H2,1H3/t20-,22+/m0/s1. The molecule has 2 aliphatic heterocycles. The number of hydrogen-bond acceptors (Lipinski definition) is 8. The van der Waals surface area contributed by atoms with E-state index in [1.165, 1.54) is 0 Å². The summed E-state index contributed by atoms with van der Waals surface area (Å²) >= 11 is 0. The van der Waals surface area contributed by atoms with E-state index in [9.17, 15) is 9.90 Å². The molecular formula is C25H27N7O4. The number of rotatable bonds is 4. The van der Waals surface area contributed by atoms with E-state index in [1.54, 1.807) is 34.8 Å². The number of ether oxygens (including phenoxy) is 2. The molecule has 4 aromatic rings. The van der Waals surface area contributed by atoms with E-state index in [2.05, 4.69) is 33.7 Å². The summed E-state index contributed by atoms with van der Waals surface area (Å²) in [5.74, 6) is 0.460. The van der Waals surface area contributed by atoms with Crippen LogP contribution in [0.5, 0.6) is 5.88 Å². The largest absolute Gasteiger partial charge is 0.475 e. The fraction of sp³-hybridized carbons (Fsp3) is 0.360. The van der Waals surface area contributed by atoms with E-state index in [0.717, 1.165) is 27.9 Å². The van der Waals surface area contributed by atoms with Crippen molar-refractivity contribution in [3.8, 4) is 28.1 Å². The van der Waals surface area contributed by atoms with Gasteiger partial charge in [0.2, 0.25) is 5.88 Å². The number of carbonyl (C=O) groups is 1. The number of nitrogens with one attached hydrogen (secondary N) is 1. The van der Waals surface area contributed by atoms with E-state index in [0.29, 0.717) is 44.2 Å². The second-order valence-corrected chi connectivity index (χ2v) is 8.99. The molecule has 186 valence electrons. The second kappa shape index (κ2) is 9.25. The third-order valence-electron chi connectivity index (χ3n) is 6.76. The van der Waals surface area contributed by atoms with Crippen molar-refractivity contribution in [2.75, 3.05) is 38.7 Å². The molecule has 0 saturated carbocycles. The van der Waals surface area contributed by atoms with Crippen LogP contribution in [-0.2, 0) is 16.1 Å². The Morgan fingerprint density at radius 2 is 2.08 bits per heavy atom. The molecule has 2 atom stereocenters. The molecule has 2 N–H and O–H groups in total. The lowest BCUT2D eigenvalue weighted by Gasteiger charge is -2.25. The van der Waals surface area contributed by atoms with Crippen LogP contribution in [-0.4, -0.2) is 85.9 Å². The van der Waals surface area contributed by atoms with Gasteiger partial charge in [-0.2, -0.15) is 15.2 Å². The quantitative estimate of drug-likeness (QED) is 0.444. The van der Waals surface area contributed by atoms with Crippen molar-refractivity contribution >= 4 is 17.2 Å². The minimum absolute atomic E-state index is 0.0204. The summed E-state index contributed by atoms with van der Waals surface area (Å²) in [6, 6.07) is 7.87. The van der Waals surface area contributed by atoms with Crippen LogP contribution in [0.3, 0.4) is 0 Å². The van der Waals surface area contributed by atoms with Crippen molar-refractivity contribution in [2.24, 2.45) is 0 Å². The number of benzene rings is 1. The summed E-state index contributed by atoms with van der Waals surface area (Å²) in [4.78, 5) is 19.5. The molecular weight excluding hydrogens is 462 g/mol. The van der Waals surface area contributed by atoms with Gasteiger partial charge in [0, 0.05) is 61.9 Å². The SMILES string of the molecule is CO[C@@H]1C[C@H]2COc3ccn4ncc(c4n3)-c3cc(cc(-c4cnn(CCO)c4)c3)NCCN2C1=O. The first kappa shape index (κ1) is 22.5. The zero-order valence-corrected chi connectivity index (χ0v) is 19.9. The van der Waals surface area contributed by atoms with Gasteiger partial charge >= 0.3 is 0 Å². The molecule has 11 nitrogen and oxygen atoms in total. The lowest BCUT2D eigenvalue weighted by atomic mass is 10.0. The van der Waals surface area contributed by atoms with Crippen LogP contribution in [0.4, 0.5) is 5.69 Å². The molecule has 0 spiro atoms. The Morgan fingerprint density at radius 1 is 1.19 bits per heavy atom. The number of aromatic nitrogens is 5. The fourth-order valence-electron chi connectivity index (χ4n) is 4.92. The lowest BCUT2D eigenvalue weighted by molar-refractivity contribution is -0.136. The van der Waals surface area contributed by atoms with Crippen LogP contribution in [0.25, 0.3) is 27.9 Å². The van der Waals surface area contributed by atoms with E-state index < -0.39 is 6.10 Å². The van der Waals surface area contributed by atoms with Crippen LogP contribution >= 0.6 is 0 Å². The maximum absolute atomic E-state index is 12.9. The van der Waals surface area contributed by atoms with Gasteiger partial charge in [0.05, 0.1) is 31.6 Å². The molecule has 3 aromatic heterocycles. The molecule has 11 heteroatoms. The number of amides is 1. The molecule has 36 heavy (non-hydrogen) atoms. The zero-order valence-electron chi connectivity index (χ0n) is 19.9. The molecule has 4 bridgehead atoms. The Kier molecular flexibility index (Phi) is 5.78. The first-order valence-electron chi connectivity index (χ1n) is 12.0. The second-order valence-electron chi connectivity index (χ2n) is 8.99. The van der Waals surface area contributed by atoms with Gasteiger partial charge in [0.1, 0.15) is 12.7 Å². The summed E-state index contributed by atoms with van der Waals surface area (Å²) in [7, 11) is 1.57. The van der Waals surface area contributed by atoms with Gasteiger partial charge in [-0.05, 0) is 29.3 Å². The van der Waals surface area contributed by atoms with Crippen LogP contribution in [0.1, 0.15) is 6.42 Å². The smallest absolute Gasteiger partial charge is 0.252 e. The predicted octanol–water partition coefficient (Wildman–Crippen LogP) is 1.67. The minimum atomic E-state index is -0.462. The van der Waals surface area contributed by atoms with E-state index in [4.69, 9.17) is 14.5 Å². The topological polar surface area (TPSA) is 119 Å². The molecule has 0 unspecified atom stereocenters. The Bertz CT molecular complexity index is 1410. The monoisotopic (exact) mass is 489 g/mol. The summed E-state index contributed by atoms with van der Waals surface area (Å²) in [5, 5.41) is 21.6. The number of nitrogens with zero attached hydrogens (tertiary/aromatic N) is 6. The van der Waals surface area contributed by atoms with Gasteiger partial charge in [-0.1, -0.05) is 0 Å². The third-order valence-corrected chi connectivity index (χ3v) is 6.76. The lowest BCUT2D eigenvalue weighted by Crippen LogP contribution is -2.41. The molecule has 1 amide bonds. The summed E-state index contributed by atoms with van der Waals surface area (Å²) < 4.78 is 14.9. The fourth-order valence-corrected chi connectivity index (χ4v) is 4.92. The highest BCUT2D eigenvalue weighted by atomic mass is 16.5. The van der Waals surface area contributed by atoms with E-state index >= 15 is 0 Å². The zero-order chi connectivity index (χ0) is 24.6. The number of aliphatic hydroxyl groups excluding tert-OH is 1. The molecule has 1 saturated heterocycles. The normalized spacial score (nSPS) is 19.7. The number of carbonyl (C=O) groups excluding carboxylic acids is 1. The van der Waals surface area contributed by atoms with Crippen LogP contribution in [0, 0.1) is 0 Å². The van der Waals surface area contributed by atoms with Gasteiger partial charge in [-0.15, -0.1) is 0 Å². The maximum atomic E-state index is 12.9. The van der Waals surface area contributed by atoms with Crippen molar-refractivity contribution < 1.29 is 19.4 Å². The summed E-state index contributed by atoms with van der Waals surface area (Å²) in [6.45, 7) is 1.88. The summed E-state index contributed by atoms with van der Waals surface area (Å²) in [6.07, 6.45) is 7.44. The van der Waals surface area contributed by atoms with Crippen LogP contribution in [0.2, 0.25) is 0 Å². The molecule has 0 aliphatic carbocycles. The average molecular weight is 490 g/mol. The Balaban J connectivity index is 1.43. The predicted molar refractivity (Wildman–Crippen MR) is 132 cm³/mol. The Morgan fingerprint density at radius 3 is 2.94 bits per heavy atom. The van der Waals surface area contributed by atoms with Crippen molar-refractivity contribution in [3.63, 3.8) is 0 Å². The molecule has 1 fully saturated rings. The molecule has 0 radical (unpaired) electrons. The number of methoxy groups -OCH3 is 1. The van der Waals surface area contributed by atoms with E-state index in [1.807, 2.05) is 17.3 Å². The van der Waals surface area contributed by atoms with Crippen molar-refractivity contribution in [2.45, 2.75) is 25.1 Å². The number of anilines is 1. The average Bonchev–Trinajstić information content (AvgIpc) is 3.60. The van der Waals surface area contributed by atoms with Crippen LogP contribution < -0.4 is 10.1 Å². The van der Waals surface area contributed by atoms with Gasteiger partial charge in [-0.25, -0.2) is 4.52 Å². The first-order chi connectivity index (χ1) is 17.6. The highest BCUT2D eigenvalue weighted by Gasteiger charge is 2.39.